The number of hydrogen-bond acceptors (Lipinski definition) is 3. The lowest BCUT2D eigenvalue weighted by molar-refractivity contribution is -0.137. The van der Waals surface area contributed by atoms with Gasteiger partial charge in [0.05, 0.1) is 5.75 Å². The number of rotatable bonds is 7. The third-order valence-electron chi connectivity index (χ3n) is 2.97. The van der Waals surface area contributed by atoms with Gasteiger partial charge in [-0.2, -0.15) is 0 Å². The van der Waals surface area contributed by atoms with Crippen molar-refractivity contribution in [3.05, 3.63) is 35.9 Å². The van der Waals surface area contributed by atoms with Gasteiger partial charge in [0, 0.05) is 0 Å². The topological polar surface area (TPSA) is 71.4 Å². The molecule has 1 aromatic rings. The van der Waals surface area contributed by atoms with Crippen LogP contribution < -0.4 is 0 Å². The predicted octanol–water partition coefficient (Wildman–Crippen LogP) is 2.14. The van der Waals surface area contributed by atoms with E-state index >= 15 is 0 Å². The maximum absolute atomic E-state index is 12.0. The quantitative estimate of drug-likeness (QED) is 0.832. The Balaban J connectivity index is 2.62. The number of aliphatic carboxylic acids is 1. The SMILES string of the molecule is CC(C)C(C(=O)O)S(=O)(=O)CCCc1ccccc1. The zero-order valence-electron chi connectivity index (χ0n) is 11.2. The molecule has 0 heterocycles. The fourth-order valence-electron chi connectivity index (χ4n) is 2.10. The summed E-state index contributed by atoms with van der Waals surface area (Å²) in [7, 11) is -3.59. The van der Waals surface area contributed by atoms with Crippen LogP contribution in [0.5, 0.6) is 0 Å². The van der Waals surface area contributed by atoms with Crippen molar-refractivity contribution in [2.24, 2.45) is 5.92 Å². The van der Waals surface area contributed by atoms with Crippen LogP contribution in [-0.4, -0.2) is 30.5 Å². The monoisotopic (exact) mass is 284 g/mol. The summed E-state index contributed by atoms with van der Waals surface area (Å²) in [5.74, 6) is -1.76. The second-order valence-corrected chi connectivity index (χ2v) is 7.20. The van der Waals surface area contributed by atoms with Gasteiger partial charge in [-0.25, -0.2) is 8.42 Å². The molecule has 4 nitrogen and oxygen atoms in total. The molecule has 0 aliphatic rings. The molecule has 0 saturated carbocycles. The van der Waals surface area contributed by atoms with Gasteiger partial charge in [-0.3, -0.25) is 4.79 Å². The molecule has 1 rings (SSSR count). The number of benzene rings is 1. The Morgan fingerprint density at radius 2 is 1.79 bits per heavy atom. The van der Waals surface area contributed by atoms with Gasteiger partial charge in [0.25, 0.3) is 0 Å². The molecular weight excluding hydrogens is 264 g/mol. The summed E-state index contributed by atoms with van der Waals surface area (Å²) < 4.78 is 24.0. The number of aryl methyl sites for hydroxylation is 1. The summed E-state index contributed by atoms with van der Waals surface area (Å²) >= 11 is 0. The highest BCUT2D eigenvalue weighted by Crippen LogP contribution is 2.15. The molecule has 19 heavy (non-hydrogen) atoms. The van der Waals surface area contributed by atoms with Crippen molar-refractivity contribution >= 4 is 15.8 Å². The average Bonchev–Trinajstić information content (AvgIpc) is 2.28. The van der Waals surface area contributed by atoms with Gasteiger partial charge in [-0.1, -0.05) is 44.2 Å². The first-order valence-electron chi connectivity index (χ1n) is 6.33. The third kappa shape index (κ3) is 4.67. The zero-order valence-corrected chi connectivity index (χ0v) is 12.1. The third-order valence-corrected chi connectivity index (χ3v) is 5.35. The van der Waals surface area contributed by atoms with E-state index in [9.17, 15) is 13.2 Å². The van der Waals surface area contributed by atoms with Gasteiger partial charge in [0.15, 0.2) is 15.1 Å². The van der Waals surface area contributed by atoms with Gasteiger partial charge in [0.1, 0.15) is 0 Å². The Labute approximate surface area is 114 Å². The van der Waals surface area contributed by atoms with Crippen LogP contribution in [0.1, 0.15) is 25.8 Å². The Morgan fingerprint density at radius 3 is 2.26 bits per heavy atom. The molecule has 1 atom stereocenters. The first kappa shape index (κ1) is 15.7. The minimum absolute atomic E-state index is 0.0863. The van der Waals surface area contributed by atoms with E-state index in [0.717, 1.165) is 5.56 Å². The molecular formula is C14H20O4S. The maximum atomic E-state index is 12.0. The Hall–Kier alpha value is -1.36. The number of hydrogen-bond donors (Lipinski definition) is 1. The summed E-state index contributed by atoms with van der Waals surface area (Å²) in [6.07, 6.45) is 1.09. The summed E-state index contributed by atoms with van der Waals surface area (Å²) in [6.45, 7) is 3.24. The number of carboxylic acids is 1. The van der Waals surface area contributed by atoms with Crippen molar-refractivity contribution in [3.63, 3.8) is 0 Å². The highest BCUT2D eigenvalue weighted by atomic mass is 32.2. The number of carboxylic acid groups (broad SMARTS) is 1. The zero-order chi connectivity index (χ0) is 14.5. The lowest BCUT2D eigenvalue weighted by Gasteiger charge is -2.16. The van der Waals surface area contributed by atoms with Crippen LogP contribution >= 0.6 is 0 Å². The smallest absolute Gasteiger partial charge is 0.322 e. The van der Waals surface area contributed by atoms with E-state index in [1.54, 1.807) is 13.8 Å². The van der Waals surface area contributed by atoms with Gasteiger partial charge in [-0.05, 0) is 24.3 Å². The van der Waals surface area contributed by atoms with E-state index in [1.807, 2.05) is 30.3 Å². The van der Waals surface area contributed by atoms with Crippen molar-refractivity contribution in [2.45, 2.75) is 31.9 Å². The second-order valence-electron chi connectivity index (χ2n) is 4.96. The molecule has 0 aromatic heterocycles. The van der Waals surface area contributed by atoms with Crippen LogP contribution in [0.25, 0.3) is 0 Å². The molecule has 0 aliphatic carbocycles. The molecule has 5 heteroatoms. The highest BCUT2D eigenvalue weighted by Gasteiger charge is 2.34. The Kier molecular flexibility index (Phi) is 5.54. The fraction of sp³-hybridized carbons (Fsp3) is 0.500. The standard InChI is InChI=1S/C14H20O4S/c1-11(2)13(14(15)16)19(17,18)10-6-9-12-7-4-3-5-8-12/h3-5,7-8,11,13H,6,9-10H2,1-2H3,(H,15,16). The van der Waals surface area contributed by atoms with E-state index in [-0.39, 0.29) is 5.75 Å². The van der Waals surface area contributed by atoms with E-state index in [1.165, 1.54) is 0 Å². The van der Waals surface area contributed by atoms with Crippen LogP contribution in [0.2, 0.25) is 0 Å². The minimum Gasteiger partial charge on any atom is -0.480 e. The normalized spacial score (nSPS) is 13.4. The lowest BCUT2D eigenvalue weighted by Crippen LogP contribution is -2.36. The van der Waals surface area contributed by atoms with E-state index < -0.39 is 27.0 Å². The minimum atomic E-state index is -3.59. The molecule has 1 unspecified atom stereocenters. The average molecular weight is 284 g/mol. The van der Waals surface area contributed by atoms with Crippen LogP contribution in [0.15, 0.2) is 30.3 Å². The molecule has 0 bridgehead atoms. The lowest BCUT2D eigenvalue weighted by atomic mass is 10.1. The molecule has 106 valence electrons. The largest absolute Gasteiger partial charge is 0.480 e. The van der Waals surface area contributed by atoms with Crippen molar-refractivity contribution < 1.29 is 18.3 Å². The van der Waals surface area contributed by atoms with Crippen molar-refractivity contribution in [2.75, 3.05) is 5.75 Å². The molecule has 1 aromatic carbocycles. The number of sulfone groups is 1. The van der Waals surface area contributed by atoms with Crippen LogP contribution in [0.3, 0.4) is 0 Å². The van der Waals surface area contributed by atoms with Crippen LogP contribution in [-0.2, 0) is 21.1 Å². The first-order valence-corrected chi connectivity index (χ1v) is 8.04. The first-order chi connectivity index (χ1) is 8.84. The maximum Gasteiger partial charge on any atom is 0.322 e. The van der Waals surface area contributed by atoms with Crippen molar-refractivity contribution in [1.82, 2.24) is 0 Å². The molecule has 0 aliphatic heterocycles. The van der Waals surface area contributed by atoms with Gasteiger partial charge >= 0.3 is 5.97 Å². The predicted molar refractivity (Wildman–Crippen MR) is 74.8 cm³/mol. The highest BCUT2D eigenvalue weighted by molar-refractivity contribution is 7.92. The summed E-state index contributed by atoms with van der Waals surface area (Å²) in [5, 5.41) is 7.71. The van der Waals surface area contributed by atoms with Gasteiger partial charge in [-0.15, -0.1) is 0 Å². The van der Waals surface area contributed by atoms with Gasteiger partial charge < -0.3 is 5.11 Å². The van der Waals surface area contributed by atoms with Crippen molar-refractivity contribution in [1.29, 1.82) is 0 Å². The summed E-state index contributed by atoms with van der Waals surface area (Å²) in [6, 6.07) is 9.57. The van der Waals surface area contributed by atoms with Gasteiger partial charge in [0.2, 0.25) is 0 Å². The molecule has 1 N–H and O–H groups in total. The molecule has 0 radical (unpaired) electrons. The molecule has 0 saturated heterocycles. The summed E-state index contributed by atoms with van der Waals surface area (Å²) in [5.41, 5.74) is 1.06. The Bertz CT molecular complexity index is 506. The van der Waals surface area contributed by atoms with Crippen molar-refractivity contribution in [3.8, 4) is 0 Å². The van der Waals surface area contributed by atoms with Crippen LogP contribution in [0.4, 0.5) is 0 Å². The van der Waals surface area contributed by atoms with E-state index in [0.29, 0.717) is 12.8 Å². The van der Waals surface area contributed by atoms with Crippen LogP contribution in [0, 0.1) is 5.92 Å². The summed E-state index contributed by atoms with van der Waals surface area (Å²) in [4.78, 5) is 11.0. The molecule has 0 spiro atoms. The Morgan fingerprint density at radius 1 is 1.21 bits per heavy atom. The number of carbonyl (C=O) groups is 1. The second kappa shape index (κ2) is 6.70. The molecule has 0 amide bonds. The molecule has 0 fully saturated rings. The van der Waals surface area contributed by atoms with E-state index in [2.05, 4.69) is 0 Å². The fourth-order valence-corrected chi connectivity index (χ4v) is 4.04. The van der Waals surface area contributed by atoms with E-state index in [4.69, 9.17) is 5.11 Å².